The Morgan fingerprint density at radius 2 is 2.32 bits per heavy atom. The quantitative estimate of drug-likeness (QED) is 0.877. The SMILES string of the molecule is CC(C)[C@@H]1CN2C[C@@H](NC(=O)CCn3cccn3)C[C@H]2CO1. The molecule has 0 radical (unpaired) electrons. The summed E-state index contributed by atoms with van der Waals surface area (Å²) in [6, 6.07) is 2.59. The number of hydrogen-bond acceptors (Lipinski definition) is 4. The summed E-state index contributed by atoms with van der Waals surface area (Å²) in [5.74, 6) is 0.658. The van der Waals surface area contributed by atoms with E-state index in [1.54, 1.807) is 10.9 Å². The summed E-state index contributed by atoms with van der Waals surface area (Å²) in [4.78, 5) is 14.5. The second-order valence-corrected chi connectivity index (χ2v) is 6.74. The van der Waals surface area contributed by atoms with Gasteiger partial charge in [-0.05, 0) is 18.4 Å². The molecule has 6 heteroatoms. The molecule has 22 heavy (non-hydrogen) atoms. The minimum atomic E-state index is 0.113. The summed E-state index contributed by atoms with van der Waals surface area (Å²) in [5, 5.41) is 7.28. The molecule has 2 fully saturated rings. The molecule has 0 saturated carbocycles. The van der Waals surface area contributed by atoms with Crippen molar-refractivity contribution in [2.45, 2.75) is 51.4 Å². The summed E-state index contributed by atoms with van der Waals surface area (Å²) >= 11 is 0. The number of carbonyl (C=O) groups is 1. The van der Waals surface area contributed by atoms with Gasteiger partial charge in [0.1, 0.15) is 0 Å². The Morgan fingerprint density at radius 1 is 1.45 bits per heavy atom. The number of ether oxygens (including phenoxy) is 1. The number of amides is 1. The third kappa shape index (κ3) is 3.67. The molecule has 1 N–H and O–H groups in total. The summed E-state index contributed by atoms with van der Waals surface area (Å²) in [7, 11) is 0. The maximum Gasteiger partial charge on any atom is 0.222 e. The first-order valence-electron chi connectivity index (χ1n) is 8.24. The Bertz CT molecular complexity index is 488. The Morgan fingerprint density at radius 3 is 3.05 bits per heavy atom. The average Bonchev–Trinajstić information content (AvgIpc) is 3.13. The molecule has 2 saturated heterocycles. The van der Waals surface area contributed by atoms with Crippen LogP contribution in [0.1, 0.15) is 26.7 Å². The van der Waals surface area contributed by atoms with Crippen LogP contribution < -0.4 is 5.32 Å². The lowest BCUT2D eigenvalue weighted by atomic mass is 10.0. The third-order valence-electron chi connectivity index (χ3n) is 4.68. The first-order chi connectivity index (χ1) is 10.6. The molecular weight excluding hydrogens is 280 g/mol. The first kappa shape index (κ1) is 15.5. The molecule has 122 valence electrons. The van der Waals surface area contributed by atoms with Gasteiger partial charge in [-0.25, -0.2) is 0 Å². The number of hydrogen-bond donors (Lipinski definition) is 1. The van der Waals surface area contributed by atoms with E-state index in [1.165, 1.54) is 0 Å². The van der Waals surface area contributed by atoms with Crippen molar-refractivity contribution >= 4 is 5.91 Å². The largest absolute Gasteiger partial charge is 0.375 e. The van der Waals surface area contributed by atoms with Crippen LogP contribution in [-0.4, -0.2) is 58.5 Å². The molecule has 0 unspecified atom stereocenters. The lowest BCUT2D eigenvalue weighted by Crippen LogP contribution is -2.48. The van der Waals surface area contributed by atoms with Gasteiger partial charge in [-0.2, -0.15) is 5.10 Å². The van der Waals surface area contributed by atoms with Gasteiger partial charge in [-0.1, -0.05) is 13.8 Å². The van der Waals surface area contributed by atoms with Gasteiger partial charge in [0.05, 0.1) is 12.7 Å². The molecule has 6 nitrogen and oxygen atoms in total. The fraction of sp³-hybridized carbons (Fsp3) is 0.750. The van der Waals surface area contributed by atoms with E-state index in [0.717, 1.165) is 26.1 Å². The van der Waals surface area contributed by atoms with Crippen molar-refractivity contribution < 1.29 is 9.53 Å². The molecule has 3 heterocycles. The van der Waals surface area contributed by atoms with Crippen molar-refractivity contribution in [1.29, 1.82) is 0 Å². The van der Waals surface area contributed by atoms with E-state index in [-0.39, 0.29) is 11.9 Å². The summed E-state index contributed by atoms with van der Waals surface area (Å²) in [6.07, 6.45) is 5.42. The van der Waals surface area contributed by atoms with E-state index in [2.05, 4.69) is 29.2 Å². The van der Waals surface area contributed by atoms with Crippen LogP contribution in [0, 0.1) is 5.92 Å². The van der Waals surface area contributed by atoms with Crippen molar-refractivity contribution in [2.75, 3.05) is 19.7 Å². The molecule has 1 amide bonds. The van der Waals surface area contributed by atoms with Crippen molar-refractivity contribution in [3.8, 4) is 0 Å². The van der Waals surface area contributed by atoms with Crippen LogP contribution in [0.15, 0.2) is 18.5 Å². The van der Waals surface area contributed by atoms with Crippen LogP contribution >= 0.6 is 0 Å². The highest BCUT2D eigenvalue weighted by Crippen LogP contribution is 2.25. The number of aryl methyl sites for hydroxylation is 1. The lowest BCUT2D eigenvalue weighted by Gasteiger charge is -2.36. The van der Waals surface area contributed by atoms with Crippen LogP contribution in [0.3, 0.4) is 0 Å². The van der Waals surface area contributed by atoms with Gasteiger partial charge in [0.2, 0.25) is 5.91 Å². The van der Waals surface area contributed by atoms with Crippen LogP contribution in [0.25, 0.3) is 0 Å². The maximum absolute atomic E-state index is 12.1. The van der Waals surface area contributed by atoms with Gasteiger partial charge in [0.15, 0.2) is 0 Å². The van der Waals surface area contributed by atoms with E-state index < -0.39 is 0 Å². The fourth-order valence-electron chi connectivity index (χ4n) is 3.36. The Kier molecular flexibility index (Phi) is 4.78. The van der Waals surface area contributed by atoms with Crippen molar-refractivity contribution in [1.82, 2.24) is 20.0 Å². The van der Waals surface area contributed by atoms with E-state index in [4.69, 9.17) is 4.74 Å². The fourth-order valence-corrected chi connectivity index (χ4v) is 3.36. The second kappa shape index (κ2) is 6.79. The number of nitrogens with zero attached hydrogens (tertiary/aromatic N) is 3. The Labute approximate surface area is 131 Å². The highest BCUT2D eigenvalue weighted by molar-refractivity contribution is 5.76. The molecule has 1 aromatic rings. The number of carbonyl (C=O) groups excluding carboxylic acids is 1. The smallest absolute Gasteiger partial charge is 0.222 e. The molecule has 0 bridgehead atoms. The van der Waals surface area contributed by atoms with Gasteiger partial charge >= 0.3 is 0 Å². The molecule has 0 aromatic carbocycles. The highest BCUT2D eigenvalue weighted by Gasteiger charge is 2.38. The van der Waals surface area contributed by atoms with E-state index >= 15 is 0 Å². The Balaban J connectivity index is 1.43. The molecule has 3 rings (SSSR count). The molecule has 2 aliphatic heterocycles. The van der Waals surface area contributed by atoms with Crippen LogP contribution in [0.2, 0.25) is 0 Å². The predicted molar refractivity (Wildman–Crippen MR) is 83.3 cm³/mol. The standard InChI is InChI=1S/C16H26N4O2/c1-12(2)15-10-19-9-13(8-14(19)11-22-15)18-16(21)4-7-20-6-3-5-17-20/h3,5-6,12-15H,4,7-11H2,1-2H3,(H,18,21)/t13-,14-,15-/m0/s1. The number of nitrogens with one attached hydrogen (secondary N) is 1. The first-order valence-corrected chi connectivity index (χ1v) is 8.24. The molecule has 3 atom stereocenters. The monoisotopic (exact) mass is 306 g/mol. The molecular formula is C16H26N4O2. The predicted octanol–water partition coefficient (Wildman–Crippen LogP) is 0.887. The maximum atomic E-state index is 12.1. The summed E-state index contributed by atoms with van der Waals surface area (Å²) in [5.41, 5.74) is 0. The van der Waals surface area contributed by atoms with Crippen molar-refractivity contribution in [3.63, 3.8) is 0 Å². The number of morpholine rings is 1. The molecule has 2 aliphatic rings. The van der Waals surface area contributed by atoms with E-state index in [0.29, 0.717) is 31.0 Å². The third-order valence-corrected chi connectivity index (χ3v) is 4.68. The highest BCUT2D eigenvalue weighted by atomic mass is 16.5. The zero-order valence-electron chi connectivity index (χ0n) is 13.4. The zero-order chi connectivity index (χ0) is 15.5. The topological polar surface area (TPSA) is 59.4 Å². The van der Waals surface area contributed by atoms with E-state index in [1.807, 2.05) is 12.3 Å². The van der Waals surface area contributed by atoms with Gasteiger partial charge in [-0.15, -0.1) is 0 Å². The van der Waals surface area contributed by atoms with Gasteiger partial charge in [-0.3, -0.25) is 14.4 Å². The van der Waals surface area contributed by atoms with Gasteiger partial charge < -0.3 is 10.1 Å². The lowest BCUT2D eigenvalue weighted by molar-refractivity contribution is -0.122. The molecule has 0 spiro atoms. The second-order valence-electron chi connectivity index (χ2n) is 6.74. The van der Waals surface area contributed by atoms with Crippen LogP contribution in [-0.2, 0) is 16.1 Å². The van der Waals surface area contributed by atoms with Gasteiger partial charge in [0.25, 0.3) is 0 Å². The molecule has 1 aromatic heterocycles. The number of rotatable bonds is 5. The zero-order valence-corrected chi connectivity index (χ0v) is 13.4. The normalized spacial score (nSPS) is 28.8. The van der Waals surface area contributed by atoms with Crippen LogP contribution in [0.5, 0.6) is 0 Å². The molecule has 0 aliphatic carbocycles. The minimum absolute atomic E-state index is 0.113. The van der Waals surface area contributed by atoms with Crippen molar-refractivity contribution in [3.05, 3.63) is 18.5 Å². The van der Waals surface area contributed by atoms with Crippen molar-refractivity contribution in [2.24, 2.45) is 5.92 Å². The summed E-state index contributed by atoms with van der Waals surface area (Å²) in [6.45, 7) is 7.78. The van der Waals surface area contributed by atoms with E-state index in [9.17, 15) is 4.79 Å². The minimum Gasteiger partial charge on any atom is -0.375 e. The number of aromatic nitrogens is 2. The number of fused-ring (bicyclic) bond motifs is 1. The average molecular weight is 306 g/mol. The summed E-state index contributed by atoms with van der Waals surface area (Å²) < 4.78 is 7.73. The van der Waals surface area contributed by atoms with Crippen LogP contribution in [0.4, 0.5) is 0 Å². The Hall–Kier alpha value is -1.40. The van der Waals surface area contributed by atoms with Gasteiger partial charge in [0, 0.05) is 50.5 Å².